The zero-order valence-corrected chi connectivity index (χ0v) is 8.49. The number of methoxy groups -OCH3 is 1. The van der Waals surface area contributed by atoms with E-state index in [4.69, 9.17) is 0 Å². The van der Waals surface area contributed by atoms with E-state index in [1.165, 1.54) is 12.8 Å². The fourth-order valence-electron chi connectivity index (χ4n) is 0.880. The lowest BCUT2D eigenvalue weighted by Gasteiger charge is -1.81. The van der Waals surface area contributed by atoms with E-state index in [1.54, 1.807) is 7.11 Å². The van der Waals surface area contributed by atoms with E-state index in [1.807, 2.05) is 6.92 Å². The molecule has 1 aromatic heterocycles. The Morgan fingerprint density at radius 1 is 1.64 bits per heavy atom. The van der Waals surface area contributed by atoms with Gasteiger partial charge in [-0.3, -0.25) is 9.89 Å². The summed E-state index contributed by atoms with van der Waals surface area (Å²) in [5, 5.41) is 6.42. The molecule has 1 aliphatic rings. The van der Waals surface area contributed by atoms with E-state index in [9.17, 15) is 4.79 Å². The molecular formula is C9H15N3O2. The molecule has 1 saturated carbocycles. The number of nitrogens with zero attached hydrogens (tertiary/aromatic N) is 2. The van der Waals surface area contributed by atoms with Gasteiger partial charge in [0.2, 0.25) is 5.82 Å². The van der Waals surface area contributed by atoms with Gasteiger partial charge in [-0.25, -0.2) is 4.98 Å². The quantitative estimate of drug-likeness (QED) is 0.738. The van der Waals surface area contributed by atoms with Crippen LogP contribution >= 0.6 is 0 Å². The maximum atomic E-state index is 10.1. The second-order valence-electron chi connectivity index (χ2n) is 3.05. The lowest BCUT2D eigenvalue weighted by atomic mass is 10.4. The fraction of sp³-hybridized carbons (Fsp3) is 0.667. The molecule has 1 aliphatic carbocycles. The Bertz CT molecular complexity index is 279. The third-order valence-electron chi connectivity index (χ3n) is 1.88. The van der Waals surface area contributed by atoms with Crippen molar-refractivity contribution < 1.29 is 9.53 Å². The van der Waals surface area contributed by atoms with Crippen LogP contribution < -0.4 is 0 Å². The topological polar surface area (TPSA) is 67.9 Å². The van der Waals surface area contributed by atoms with E-state index < -0.39 is 0 Å². The van der Waals surface area contributed by atoms with Crippen LogP contribution in [0.5, 0.6) is 0 Å². The van der Waals surface area contributed by atoms with Gasteiger partial charge in [-0.05, 0) is 19.8 Å². The lowest BCUT2D eigenvalue weighted by Crippen LogP contribution is -1.82. The summed E-state index contributed by atoms with van der Waals surface area (Å²) in [6.45, 7) is 2.78. The number of aromatic nitrogens is 3. The van der Waals surface area contributed by atoms with Crippen LogP contribution in [0.4, 0.5) is 0 Å². The average Bonchev–Trinajstić information content (AvgIpc) is 2.97. The highest BCUT2D eigenvalue weighted by atomic mass is 16.5. The molecule has 0 aromatic carbocycles. The van der Waals surface area contributed by atoms with Gasteiger partial charge in [-0.2, -0.15) is 5.10 Å². The summed E-state index contributed by atoms with van der Waals surface area (Å²) in [4.78, 5) is 14.1. The molecule has 0 unspecified atom stereocenters. The van der Waals surface area contributed by atoms with Crippen LogP contribution in [0.15, 0.2) is 0 Å². The third-order valence-corrected chi connectivity index (χ3v) is 1.88. The number of hydrogen-bond acceptors (Lipinski definition) is 4. The number of H-pyrrole nitrogens is 1. The molecular weight excluding hydrogens is 182 g/mol. The number of carbonyl (C=O) groups is 1. The molecule has 0 spiro atoms. The van der Waals surface area contributed by atoms with Crippen LogP contribution in [-0.4, -0.2) is 35.2 Å². The first-order chi connectivity index (χ1) is 6.81. The van der Waals surface area contributed by atoms with Gasteiger partial charge in [0, 0.05) is 19.6 Å². The first-order valence-corrected chi connectivity index (χ1v) is 4.68. The van der Waals surface area contributed by atoms with Crippen LogP contribution in [0.3, 0.4) is 0 Å². The molecule has 0 atom stereocenters. The van der Waals surface area contributed by atoms with Gasteiger partial charge in [0.25, 0.3) is 0 Å². The summed E-state index contributed by atoms with van der Waals surface area (Å²) in [7, 11) is 1.68. The molecule has 2 rings (SSSR count). The number of nitrogens with one attached hydrogen (secondary N) is 1. The molecule has 14 heavy (non-hydrogen) atoms. The van der Waals surface area contributed by atoms with E-state index >= 15 is 0 Å². The SMILES string of the molecule is CCOC.O=Cc1n[nH]c(C2CC2)n1. The minimum Gasteiger partial charge on any atom is -0.385 e. The number of carbonyl (C=O) groups excluding carboxylic acids is 1. The van der Waals surface area contributed by atoms with Crippen molar-refractivity contribution in [1.29, 1.82) is 0 Å². The largest absolute Gasteiger partial charge is 0.385 e. The fourth-order valence-corrected chi connectivity index (χ4v) is 0.880. The first kappa shape index (κ1) is 10.8. The number of ether oxygens (including phenoxy) is 1. The summed E-state index contributed by atoms with van der Waals surface area (Å²) in [6.07, 6.45) is 3.00. The smallest absolute Gasteiger partial charge is 0.214 e. The molecule has 5 nitrogen and oxygen atoms in total. The van der Waals surface area contributed by atoms with Gasteiger partial charge >= 0.3 is 0 Å². The van der Waals surface area contributed by atoms with Crippen LogP contribution in [0, 0.1) is 0 Å². The minimum absolute atomic E-state index is 0.266. The zero-order valence-electron chi connectivity index (χ0n) is 8.49. The van der Waals surface area contributed by atoms with Crippen molar-refractivity contribution >= 4 is 6.29 Å². The highest BCUT2D eigenvalue weighted by Gasteiger charge is 2.26. The number of aldehydes is 1. The highest BCUT2D eigenvalue weighted by Crippen LogP contribution is 2.37. The maximum absolute atomic E-state index is 10.1. The Morgan fingerprint density at radius 3 is 2.64 bits per heavy atom. The van der Waals surface area contributed by atoms with E-state index in [-0.39, 0.29) is 5.82 Å². The Kier molecular flexibility index (Phi) is 4.25. The molecule has 0 radical (unpaired) electrons. The molecule has 0 bridgehead atoms. The minimum atomic E-state index is 0.266. The second-order valence-corrected chi connectivity index (χ2v) is 3.05. The number of aromatic amines is 1. The van der Waals surface area contributed by atoms with Gasteiger partial charge in [-0.15, -0.1) is 0 Å². The van der Waals surface area contributed by atoms with E-state index in [0.29, 0.717) is 12.2 Å². The van der Waals surface area contributed by atoms with Crippen molar-refractivity contribution in [2.75, 3.05) is 13.7 Å². The van der Waals surface area contributed by atoms with Crippen molar-refractivity contribution in [3.05, 3.63) is 11.6 Å². The van der Waals surface area contributed by atoms with Crippen LogP contribution in [0.2, 0.25) is 0 Å². The van der Waals surface area contributed by atoms with E-state index in [2.05, 4.69) is 19.9 Å². The van der Waals surface area contributed by atoms with Crippen LogP contribution in [0.25, 0.3) is 0 Å². The predicted octanol–water partition coefficient (Wildman–Crippen LogP) is 1.15. The summed E-state index contributed by atoms with van der Waals surface area (Å²) in [5.41, 5.74) is 0. The van der Waals surface area contributed by atoms with Crippen molar-refractivity contribution in [3.8, 4) is 0 Å². The monoisotopic (exact) mass is 197 g/mol. The molecule has 1 fully saturated rings. The summed E-state index contributed by atoms with van der Waals surface area (Å²) in [6, 6.07) is 0. The van der Waals surface area contributed by atoms with Gasteiger partial charge in [0.05, 0.1) is 0 Å². The second kappa shape index (κ2) is 5.49. The van der Waals surface area contributed by atoms with Gasteiger partial charge in [0.1, 0.15) is 5.82 Å². The number of rotatable bonds is 3. The standard InChI is InChI=1S/C6H7N3O.C3H8O/c10-3-5-7-6(9-8-5)4-1-2-4;1-3-4-2/h3-4H,1-2H2,(H,7,8,9);3H2,1-2H3. The highest BCUT2D eigenvalue weighted by molar-refractivity contribution is 5.68. The normalized spacial score (nSPS) is 14.4. The van der Waals surface area contributed by atoms with Crippen molar-refractivity contribution in [2.45, 2.75) is 25.7 Å². The Balaban J connectivity index is 0.000000213. The molecule has 1 N–H and O–H groups in total. The predicted molar refractivity (Wildman–Crippen MR) is 51.3 cm³/mol. The van der Waals surface area contributed by atoms with Crippen molar-refractivity contribution in [2.24, 2.45) is 0 Å². The van der Waals surface area contributed by atoms with Crippen LogP contribution in [-0.2, 0) is 4.74 Å². The van der Waals surface area contributed by atoms with Gasteiger partial charge in [0.15, 0.2) is 6.29 Å². The summed E-state index contributed by atoms with van der Waals surface area (Å²) >= 11 is 0. The molecule has 1 heterocycles. The van der Waals surface area contributed by atoms with Gasteiger partial charge < -0.3 is 4.74 Å². The molecule has 0 aliphatic heterocycles. The Morgan fingerprint density at radius 2 is 2.29 bits per heavy atom. The molecule has 78 valence electrons. The van der Waals surface area contributed by atoms with Crippen molar-refractivity contribution in [1.82, 2.24) is 15.2 Å². The number of hydrogen-bond donors (Lipinski definition) is 1. The molecule has 1 aromatic rings. The summed E-state index contributed by atoms with van der Waals surface area (Å²) < 4.78 is 4.54. The van der Waals surface area contributed by atoms with E-state index in [0.717, 1.165) is 12.4 Å². The summed E-state index contributed by atoms with van der Waals surface area (Å²) in [5.74, 6) is 1.67. The molecule has 0 saturated heterocycles. The lowest BCUT2D eigenvalue weighted by molar-refractivity contribution is 0.111. The third kappa shape index (κ3) is 3.26. The first-order valence-electron chi connectivity index (χ1n) is 4.68. The van der Waals surface area contributed by atoms with Crippen LogP contribution in [0.1, 0.15) is 42.1 Å². The Hall–Kier alpha value is -1.23. The Labute approximate surface area is 82.9 Å². The molecule has 5 heteroatoms. The molecule has 0 amide bonds. The maximum Gasteiger partial charge on any atom is 0.214 e. The van der Waals surface area contributed by atoms with Crippen molar-refractivity contribution in [3.63, 3.8) is 0 Å². The average molecular weight is 197 g/mol. The van der Waals surface area contributed by atoms with Gasteiger partial charge in [-0.1, -0.05) is 0 Å². The zero-order chi connectivity index (χ0) is 10.4.